The van der Waals surface area contributed by atoms with Gasteiger partial charge in [-0.25, -0.2) is 0 Å². The lowest BCUT2D eigenvalue weighted by Crippen LogP contribution is -2.41. The van der Waals surface area contributed by atoms with Crippen LogP contribution in [-0.2, 0) is 6.54 Å². The molecule has 0 aromatic heterocycles. The zero-order valence-electron chi connectivity index (χ0n) is 20.2. The highest BCUT2D eigenvalue weighted by atomic mass is 79.9. The summed E-state index contributed by atoms with van der Waals surface area (Å²) in [5, 5.41) is 14.2. The molecule has 0 saturated heterocycles. The molecular weight excluding hydrogens is 510 g/mol. The van der Waals surface area contributed by atoms with Crippen molar-refractivity contribution in [2.45, 2.75) is 59.2 Å². The van der Waals surface area contributed by atoms with Crippen LogP contribution in [0.25, 0.3) is 0 Å². The Hall–Kier alpha value is -1.67. The van der Waals surface area contributed by atoms with E-state index in [1.807, 2.05) is 18.2 Å². The van der Waals surface area contributed by atoms with Gasteiger partial charge in [0.2, 0.25) is 6.79 Å². The van der Waals surface area contributed by atoms with Gasteiger partial charge in [-0.2, -0.15) is 0 Å². The summed E-state index contributed by atoms with van der Waals surface area (Å²) in [4.78, 5) is 0. The summed E-state index contributed by atoms with van der Waals surface area (Å²) in [7, 11) is 1.61. The lowest BCUT2D eigenvalue weighted by molar-refractivity contribution is 0.105. The van der Waals surface area contributed by atoms with E-state index in [4.69, 9.17) is 18.9 Å². The van der Waals surface area contributed by atoms with E-state index < -0.39 is 6.10 Å². The zero-order valence-corrected chi connectivity index (χ0v) is 22.6. The van der Waals surface area contributed by atoms with E-state index in [0.717, 1.165) is 16.5 Å². The van der Waals surface area contributed by atoms with Gasteiger partial charge in [0.1, 0.15) is 12.7 Å². The van der Waals surface area contributed by atoms with Crippen molar-refractivity contribution in [3.63, 3.8) is 0 Å². The van der Waals surface area contributed by atoms with Gasteiger partial charge in [0.15, 0.2) is 23.0 Å². The molecule has 2 N–H and O–H groups in total. The van der Waals surface area contributed by atoms with Crippen LogP contribution in [0.15, 0.2) is 34.8 Å². The molecule has 2 aromatic carbocycles. The molecule has 0 radical (unpaired) electrons. The Balaban J connectivity index is 0.00000385. The highest BCUT2D eigenvalue weighted by Gasteiger charge is 2.25. The molecule has 0 aliphatic carbocycles. The third kappa shape index (κ3) is 7.67. The third-order valence-corrected chi connectivity index (χ3v) is 5.79. The van der Waals surface area contributed by atoms with Crippen LogP contribution in [0.3, 0.4) is 0 Å². The molecule has 3 rings (SSSR count). The summed E-state index contributed by atoms with van der Waals surface area (Å²) >= 11 is 3.60. The second-order valence-corrected chi connectivity index (χ2v) is 10.9. The molecule has 1 atom stereocenters. The quantitative estimate of drug-likeness (QED) is 0.402. The van der Waals surface area contributed by atoms with Crippen molar-refractivity contribution < 1.29 is 24.1 Å². The van der Waals surface area contributed by atoms with Gasteiger partial charge >= 0.3 is 0 Å². The minimum absolute atomic E-state index is 0. The molecule has 0 spiro atoms. The van der Waals surface area contributed by atoms with Gasteiger partial charge in [-0.3, -0.25) is 0 Å². The Morgan fingerprint density at radius 3 is 2.45 bits per heavy atom. The topological polar surface area (TPSA) is 69.2 Å². The lowest BCUT2D eigenvalue weighted by atomic mass is 9.82. The monoisotopic (exact) mass is 543 g/mol. The Bertz CT molecular complexity index is 945. The molecule has 0 fully saturated rings. The van der Waals surface area contributed by atoms with E-state index >= 15 is 0 Å². The molecule has 0 saturated carbocycles. The van der Waals surface area contributed by atoms with Crippen LogP contribution in [0.2, 0.25) is 0 Å². The van der Waals surface area contributed by atoms with E-state index in [-0.39, 0.29) is 36.8 Å². The second kappa shape index (κ2) is 11.2. The van der Waals surface area contributed by atoms with Crippen LogP contribution < -0.4 is 24.3 Å². The predicted octanol–water partition coefficient (Wildman–Crippen LogP) is 6.03. The Morgan fingerprint density at radius 2 is 1.79 bits per heavy atom. The Labute approximate surface area is 211 Å². The molecule has 33 heavy (non-hydrogen) atoms. The molecule has 1 aliphatic heterocycles. The van der Waals surface area contributed by atoms with E-state index in [0.29, 0.717) is 35.1 Å². The van der Waals surface area contributed by atoms with Gasteiger partial charge in [0.05, 0.1) is 11.6 Å². The highest BCUT2D eigenvalue weighted by molar-refractivity contribution is 9.10. The van der Waals surface area contributed by atoms with Crippen LogP contribution in [0.1, 0.15) is 58.3 Å². The average molecular weight is 545 g/mol. The number of halogens is 2. The van der Waals surface area contributed by atoms with Crippen LogP contribution in [0.5, 0.6) is 23.0 Å². The molecular formula is C25H35BrClNO5. The molecule has 2 aromatic rings. The van der Waals surface area contributed by atoms with Gasteiger partial charge in [-0.05, 0) is 77.0 Å². The third-order valence-electron chi connectivity index (χ3n) is 5.20. The molecule has 8 heteroatoms. The normalized spacial score (nSPS) is 13.9. The van der Waals surface area contributed by atoms with Crippen molar-refractivity contribution in [1.29, 1.82) is 0 Å². The van der Waals surface area contributed by atoms with Crippen molar-refractivity contribution in [2.75, 3.05) is 20.5 Å². The fraction of sp³-hybridized carbons (Fsp3) is 0.520. The number of aliphatic hydroxyl groups is 1. The van der Waals surface area contributed by atoms with Gasteiger partial charge in [-0.1, -0.05) is 26.8 Å². The molecule has 6 nitrogen and oxygen atoms in total. The van der Waals surface area contributed by atoms with Gasteiger partial charge in [0.25, 0.3) is 0 Å². The number of hydrogen-bond donors (Lipinski definition) is 2. The van der Waals surface area contributed by atoms with Crippen molar-refractivity contribution in [3.8, 4) is 23.0 Å². The van der Waals surface area contributed by atoms with Crippen LogP contribution >= 0.6 is 28.3 Å². The molecule has 1 aliphatic rings. The maximum atomic E-state index is 10.6. The van der Waals surface area contributed by atoms with E-state index in [2.05, 4.69) is 55.9 Å². The summed E-state index contributed by atoms with van der Waals surface area (Å²) < 4.78 is 23.0. The van der Waals surface area contributed by atoms with Gasteiger partial charge in [0, 0.05) is 12.1 Å². The fourth-order valence-corrected chi connectivity index (χ4v) is 4.73. The number of nitrogens with one attached hydrogen (secondary N) is 1. The molecule has 0 bridgehead atoms. The standard InChI is InChI=1S/C25H34BrNO5.ClH/c1-24(2,3)14-25(4,5)27-12-16-9-18(26)23(22(10-16)29-6)30-13-19(28)17-7-8-20-21(11-17)32-15-31-20;/h7-11,19,27-28H,12-15H2,1-6H3;1H. The Morgan fingerprint density at radius 1 is 1.09 bits per heavy atom. The molecule has 0 amide bonds. The second-order valence-electron chi connectivity index (χ2n) is 10.0. The molecule has 1 unspecified atom stereocenters. The molecule has 184 valence electrons. The number of rotatable bonds is 9. The molecule has 1 heterocycles. The van der Waals surface area contributed by atoms with E-state index in [1.54, 1.807) is 19.2 Å². The van der Waals surface area contributed by atoms with Crippen molar-refractivity contribution in [1.82, 2.24) is 5.32 Å². The van der Waals surface area contributed by atoms with Crippen molar-refractivity contribution >= 4 is 28.3 Å². The summed E-state index contributed by atoms with van der Waals surface area (Å²) in [6, 6.07) is 9.36. The first kappa shape index (κ1) is 27.6. The Kier molecular flexibility index (Phi) is 9.33. The number of hydrogen-bond acceptors (Lipinski definition) is 6. The first-order valence-corrected chi connectivity index (χ1v) is 11.6. The fourth-order valence-electron chi connectivity index (χ4n) is 4.12. The van der Waals surface area contributed by atoms with E-state index in [9.17, 15) is 5.11 Å². The van der Waals surface area contributed by atoms with Crippen molar-refractivity contribution in [2.24, 2.45) is 5.41 Å². The van der Waals surface area contributed by atoms with Gasteiger partial charge < -0.3 is 29.4 Å². The largest absolute Gasteiger partial charge is 0.493 e. The van der Waals surface area contributed by atoms with Crippen molar-refractivity contribution in [3.05, 3.63) is 45.9 Å². The summed E-state index contributed by atoms with van der Waals surface area (Å²) in [5.41, 5.74) is 2.03. The number of fused-ring (bicyclic) bond motifs is 1. The van der Waals surface area contributed by atoms with Crippen LogP contribution in [0, 0.1) is 5.41 Å². The number of benzene rings is 2. The van der Waals surface area contributed by atoms with E-state index in [1.165, 1.54) is 0 Å². The SMILES string of the molecule is COc1cc(CNC(C)(C)CC(C)(C)C)cc(Br)c1OCC(O)c1ccc2c(c1)OCO2.Cl. The number of ether oxygens (including phenoxy) is 4. The number of aliphatic hydroxyl groups excluding tert-OH is 1. The first-order chi connectivity index (χ1) is 15.0. The minimum Gasteiger partial charge on any atom is -0.493 e. The lowest BCUT2D eigenvalue weighted by Gasteiger charge is -2.33. The van der Waals surface area contributed by atoms with Crippen LogP contribution in [-0.4, -0.2) is 31.2 Å². The van der Waals surface area contributed by atoms with Crippen LogP contribution in [0.4, 0.5) is 0 Å². The average Bonchev–Trinajstić information content (AvgIpc) is 3.17. The number of methoxy groups -OCH3 is 1. The maximum absolute atomic E-state index is 10.6. The highest BCUT2D eigenvalue weighted by Crippen LogP contribution is 2.38. The zero-order chi connectivity index (χ0) is 23.5. The minimum atomic E-state index is -0.819. The summed E-state index contributed by atoms with van der Waals surface area (Å²) in [6.45, 7) is 12.2. The smallest absolute Gasteiger partial charge is 0.231 e. The predicted molar refractivity (Wildman–Crippen MR) is 136 cm³/mol. The first-order valence-electron chi connectivity index (χ1n) is 10.8. The maximum Gasteiger partial charge on any atom is 0.231 e. The van der Waals surface area contributed by atoms with Gasteiger partial charge in [-0.15, -0.1) is 12.4 Å². The summed E-state index contributed by atoms with van der Waals surface area (Å²) in [6.07, 6.45) is 0.234. The summed E-state index contributed by atoms with van der Waals surface area (Å²) in [5.74, 6) is 2.49.